The molecule has 0 aliphatic carbocycles. The number of piperazine rings is 1. The first kappa shape index (κ1) is 15.0. The Morgan fingerprint density at radius 2 is 1.96 bits per heavy atom. The summed E-state index contributed by atoms with van der Waals surface area (Å²) < 4.78 is 6.88. The fourth-order valence-corrected chi connectivity index (χ4v) is 2.57. The van der Waals surface area contributed by atoms with Gasteiger partial charge in [0.1, 0.15) is 18.7 Å². The Balaban J connectivity index is 1.56. The molecule has 0 N–H and O–H groups in total. The molecular weight excluding hydrogens is 292 g/mol. The highest BCUT2D eigenvalue weighted by molar-refractivity contribution is 5.77. The molecule has 1 aromatic heterocycles. The van der Waals surface area contributed by atoms with E-state index in [0.29, 0.717) is 13.1 Å². The molecule has 6 heteroatoms. The van der Waals surface area contributed by atoms with Crippen LogP contribution in [0.2, 0.25) is 0 Å². The summed E-state index contributed by atoms with van der Waals surface area (Å²) in [5, 5.41) is 0. The maximum Gasteiger partial charge on any atom is 0.329 e. The minimum atomic E-state index is -0.0276. The summed E-state index contributed by atoms with van der Waals surface area (Å²) in [7, 11) is 0. The second-order valence-corrected chi connectivity index (χ2v) is 5.21. The van der Waals surface area contributed by atoms with Gasteiger partial charge in [-0.2, -0.15) is 0 Å². The van der Waals surface area contributed by atoms with E-state index in [0.717, 1.165) is 24.5 Å². The fraction of sp³-hybridized carbons (Fsp3) is 0.294. The third-order valence-electron chi connectivity index (χ3n) is 3.80. The third-order valence-corrected chi connectivity index (χ3v) is 3.80. The minimum absolute atomic E-state index is 0.0276. The van der Waals surface area contributed by atoms with Crippen LogP contribution in [0.5, 0.6) is 5.75 Å². The Labute approximate surface area is 135 Å². The number of aromatic nitrogens is 2. The number of hydrogen-bond acceptors (Lipinski definition) is 4. The fourth-order valence-electron chi connectivity index (χ4n) is 2.57. The van der Waals surface area contributed by atoms with Crippen molar-refractivity contribution < 1.29 is 9.53 Å². The lowest BCUT2D eigenvalue weighted by atomic mass is 10.2. The van der Waals surface area contributed by atoms with Gasteiger partial charge in [0.25, 0.3) is 0 Å². The summed E-state index contributed by atoms with van der Waals surface area (Å²) in [6.07, 6.45) is 9.99. The average molecular weight is 310 g/mol. The molecule has 0 radical (unpaired) electrons. The van der Waals surface area contributed by atoms with Crippen LogP contribution in [-0.2, 0) is 0 Å². The second kappa shape index (κ2) is 6.88. The monoisotopic (exact) mass is 310 g/mol. The number of ether oxygens (including phenoxy) is 1. The van der Waals surface area contributed by atoms with Gasteiger partial charge in [-0.15, -0.1) is 6.42 Å². The summed E-state index contributed by atoms with van der Waals surface area (Å²) >= 11 is 0. The minimum Gasteiger partial charge on any atom is -0.481 e. The second-order valence-electron chi connectivity index (χ2n) is 5.21. The first-order chi connectivity index (χ1) is 11.3. The van der Waals surface area contributed by atoms with Crippen molar-refractivity contribution in [3.63, 3.8) is 0 Å². The van der Waals surface area contributed by atoms with Gasteiger partial charge in [-0.3, -0.25) is 4.57 Å². The van der Waals surface area contributed by atoms with E-state index >= 15 is 0 Å². The molecule has 1 fully saturated rings. The van der Waals surface area contributed by atoms with Crippen LogP contribution in [0.1, 0.15) is 0 Å². The number of anilines is 1. The van der Waals surface area contributed by atoms with Crippen LogP contribution in [-0.4, -0.2) is 53.3 Å². The normalized spacial score (nSPS) is 14.4. The Morgan fingerprint density at radius 3 is 2.57 bits per heavy atom. The van der Waals surface area contributed by atoms with Gasteiger partial charge in [-0.05, 0) is 24.3 Å². The number of amides is 1. The number of carbonyl (C=O) groups excluding carboxylic acids is 1. The van der Waals surface area contributed by atoms with Crippen LogP contribution in [0, 0.1) is 12.3 Å². The number of benzene rings is 1. The molecule has 1 aliphatic rings. The highest BCUT2D eigenvalue weighted by atomic mass is 16.5. The molecule has 1 aromatic carbocycles. The van der Waals surface area contributed by atoms with Crippen molar-refractivity contribution >= 4 is 11.7 Å². The van der Waals surface area contributed by atoms with Crippen LogP contribution < -0.4 is 9.64 Å². The van der Waals surface area contributed by atoms with Crippen LogP contribution in [0.4, 0.5) is 10.5 Å². The van der Waals surface area contributed by atoms with E-state index in [2.05, 4.69) is 15.8 Å². The first-order valence-corrected chi connectivity index (χ1v) is 7.46. The first-order valence-electron chi connectivity index (χ1n) is 7.46. The third kappa shape index (κ3) is 3.46. The van der Waals surface area contributed by atoms with E-state index in [-0.39, 0.29) is 12.6 Å². The van der Waals surface area contributed by atoms with Gasteiger partial charge in [0.2, 0.25) is 0 Å². The van der Waals surface area contributed by atoms with E-state index < -0.39 is 0 Å². The highest BCUT2D eigenvalue weighted by Crippen LogP contribution is 2.21. The molecule has 1 amide bonds. The molecule has 0 atom stereocenters. The molecule has 6 nitrogen and oxygen atoms in total. The van der Waals surface area contributed by atoms with E-state index in [9.17, 15) is 4.79 Å². The maximum absolute atomic E-state index is 12.2. The number of nitrogens with zero attached hydrogens (tertiary/aromatic N) is 4. The summed E-state index contributed by atoms with van der Waals surface area (Å²) in [4.78, 5) is 20.2. The molecule has 1 saturated heterocycles. The number of rotatable bonds is 3. The number of carbonyl (C=O) groups is 1. The number of hydrogen-bond donors (Lipinski definition) is 0. The molecule has 23 heavy (non-hydrogen) atoms. The predicted molar refractivity (Wildman–Crippen MR) is 87.6 cm³/mol. The van der Waals surface area contributed by atoms with Crippen LogP contribution in [0.15, 0.2) is 43.0 Å². The van der Waals surface area contributed by atoms with Crippen LogP contribution in [0.25, 0.3) is 0 Å². The predicted octanol–water partition coefficient (Wildman–Crippen LogP) is 1.69. The molecule has 2 aromatic rings. The lowest BCUT2D eigenvalue weighted by Gasteiger charge is -2.36. The van der Waals surface area contributed by atoms with Crippen LogP contribution >= 0.6 is 0 Å². The maximum atomic E-state index is 12.2. The summed E-state index contributed by atoms with van der Waals surface area (Å²) in [5.74, 6) is 3.21. The van der Waals surface area contributed by atoms with E-state index in [1.807, 2.05) is 29.2 Å². The highest BCUT2D eigenvalue weighted by Gasteiger charge is 2.22. The standard InChI is InChI=1S/C17H18N4O2/c1-2-13-23-16-5-3-15(4-6-16)19-9-11-20(12-10-19)17(22)21-8-7-18-14-21/h1,3-8,14H,9-13H2. The SMILES string of the molecule is C#CCOc1ccc(N2CCN(C(=O)n3ccnc3)CC2)cc1. The topological polar surface area (TPSA) is 50.6 Å². The van der Waals surface area contributed by atoms with Gasteiger partial charge in [0.15, 0.2) is 0 Å². The van der Waals surface area contributed by atoms with Gasteiger partial charge in [-0.25, -0.2) is 9.78 Å². The molecule has 0 saturated carbocycles. The van der Waals surface area contributed by atoms with E-state index in [1.165, 1.54) is 10.9 Å². The Hall–Kier alpha value is -2.94. The van der Waals surface area contributed by atoms with Gasteiger partial charge >= 0.3 is 6.03 Å². The zero-order valence-electron chi connectivity index (χ0n) is 12.8. The molecule has 118 valence electrons. The molecule has 0 unspecified atom stereocenters. The lowest BCUT2D eigenvalue weighted by Crippen LogP contribution is -2.49. The summed E-state index contributed by atoms with van der Waals surface area (Å²) in [6, 6.07) is 7.82. The van der Waals surface area contributed by atoms with Gasteiger partial charge in [-0.1, -0.05) is 5.92 Å². The largest absolute Gasteiger partial charge is 0.481 e. The molecule has 1 aliphatic heterocycles. The van der Waals surface area contributed by atoms with Crippen molar-refractivity contribution in [2.45, 2.75) is 0 Å². The van der Waals surface area contributed by atoms with Crippen molar-refractivity contribution in [3.05, 3.63) is 43.0 Å². The molecule has 0 spiro atoms. The number of imidazole rings is 1. The Kier molecular flexibility index (Phi) is 4.48. The summed E-state index contributed by atoms with van der Waals surface area (Å²) in [5.41, 5.74) is 1.12. The molecule has 2 heterocycles. The summed E-state index contributed by atoms with van der Waals surface area (Å²) in [6.45, 7) is 3.24. The van der Waals surface area contributed by atoms with E-state index in [1.54, 1.807) is 12.4 Å². The molecule has 3 rings (SSSR count). The molecular formula is C17H18N4O2. The van der Waals surface area contributed by atoms with Crippen molar-refractivity contribution in [1.82, 2.24) is 14.5 Å². The van der Waals surface area contributed by atoms with Crippen molar-refractivity contribution in [2.24, 2.45) is 0 Å². The Bertz CT molecular complexity index is 680. The zero-order chi connectivity index (χ0) is 16.1. The number of terminal acetylenes is 1. The Morgan fingerprint density at radius 1 is 1.22 bits per heavy atom. The lowest BCUT2D eigenvalue weighted by molar-refractivity contribution is 0.196. The van der Waals surface area contributed by atoms with Gasteiger partial charge in [0.05, 0.1) is 0 Å². The molecule has 0 bridgehead atoms. The van der Waals surface area contributed by atoms with E-state index in [4.69, 9.17) is 11.2 Å². The average Bonchev–Trinajstić information content (AvgIpc) is 3.14. The van der Waals surface area contributed by atoms with Crippen LogP contribution in [0.3, 0.4) is 0 Å². The van der Waals surface area contributed by atoms with Crippen molar-refractivity contribution in [2.75, 3.05) is 37.7 Å². The zero-order valence-corrected chi connectivity index (χ0v) is 12.8. The van der Waals surface area contributed by atoms with Gasteiger partial charge in [0, 0.05) is 44.3 Å². The van der Waals surface area contributed by atoms with Crippen molar-refractivity contribution in [3.8, 4) is 18.1 Å². The quantitative estimate of drug-likeness (QED) is 0.810. The smallest absolute Gasteiger partial charge is 0.329 e. The van der Waals surface area contributed by atoms with Crippen molar-refractivity contribution in [1.29, 1.82) is 0 Å². The van der Waals surface area contributed by atoms with Gasteiger partial charge < -0.3 is 14.5 Å².